The van der Waals surface area contributed by atoms with Crippen LogP contribution >= 0.6 is 0 Å². The lowest BCUT2D eigenvalue weighted by Gasteiger charge is -2.19. The van der Waals surface area contributed by atoms with E-state index in [0.29, 0.717) is 31.6 Å². The molecule has 198 valence electrons. The standard InChI is InChI=1S/C28H47N3O4/c1-4-6-8-10-11-12-13-15-26(32)31-25(27(33)30-20-14-9-7-5-2)22-29-21-23-16-18-24(19-17-23)28(34)35-3/h16-19,25,29H,4-15,20-22H2,1-3H3,(H,30,33)(H,31,32)/t25-/m0/s1. The van der Waals surface area contributed by atoms with Crippen molar-refractivity contribution in [2.45, 2.75) is 103 Å². The Labute approximate surface area is 212 Å². The van der Waals surface area contributed by atoms with E-state index in [0.717, 1.165) is 50.5 Å². The Kier molecular flexibility index (Phi) is 17.4. The maximum absolute atomic E-state index is 12.8. The summed E-state index contributed by atoms with van der Waals surface area (Å²) < 4.78 is 4.72. The van der Waals surface area contributed by atoms with Crippen molar-refractivity contribution in [3.05, 3.63) is 35.4 Å². The van der Waals surface area contributed by atoms with Gasteiger partial charge in [0, 0.05) is 26.1 Å². The van der Waals surface area contributed by atoms with Crippen LogP contribution in [0.25, 0.3) is 0 Å². The van der Waals surface area contributed by atoms with E-state index >= 15 is 0 Å². The quantitative estimate of drug-likeness (QED) is 0.179. The second-order valence-electron chi connectivity index (χ2n) is 9.16. The number of amides is 2. The summed E-state index contributed by atoms with van der Waals surface area (Å²) in [6, 6.07) is 6.51. The Morgan fingerprint density at radius 3 is 2.06 bits per heavy atom. The summed E-state index contributed by atoms with van der Waals surface area (Å²) in [4.78, 5) is 36.9. The molecule has 1 atom stereocenters. The fourth-order valence-corrected chi connectivity index (χ4v) is 3.84. The van der Waals surface area contributed by atoms with E-state index in [4.69, 9.17) is 4.74 Å². The zero-order valence-corrected chi connectivity index (χ0v) is 22.1. The van der Waals surface area contributed by atoms with Gasteiger partial charge < -0.3 is 20.7 Å². The van der Waals surface area contributed by atoms with E-state index in [-0.39, 0.29) is 17.8 Å². The van der Waals surface area contributed by atoms with Crippen molar-refractivity contribution in [2.75, 3.05) is 20.2 Å². The molecular weight excluding hydrogens is 442 g/mol. The molecule has 0 saturated carbocycles. The van der Waals surface area contributed by atoms with Crippen LogP contribution in [0.2, 0.25) is 0 Å². The first-order chi connectivity index (χ1) is 17.0. The van der Waals surface area contributed by atoms with Gasteiger partial charge in [-0.3, -0.25) is 9.59 Å². The number of carbonyl (C=O) groups excluding carboxylic acids is 3. The number of rotatable bonds is 20. The van der Waals surface area contributed by atoms with Gasteiger partial charge in [0.15, 0.2) is 0 Å². The molecule has 2 amide bonds. The van der Waals surface area contributed by atoms with Crippen LogP contribution in [-0.4, -0.2) is 44.0 Å². The Morgan fingerprint density at radius 1 is 0.829 bits per heavy atom. The highest BCUT2D eigenvalue weighted by Gasteiger charge is 2.20. The van der Waals surface area contributed by atoms with Crippen LogP contribution in [0.15, 0.2) is 24.3 Å². The largest absolute Gasteiger partial charge is 0.465 e. The minimum atomic E-state index is -0.618. The van der Waals surface area contributed by atoms with Gasteiger partial charge in [0.05, 0.1) is 12.7 Å². The lowest BCUT2D eigenvalue weighted by atomic mass is 10.1. The average Bonchev–Trinajstić information content (AvgIpc) is 2.87. The zero-order chi connectivity index (χ0) is 25.7. The van der Waals surface area contributed by atoms with Crippen LogP contribution < -0.4 is 16.0 Å². The van der Waals surface area contributed by atoms with Gasteiger partial charge in [-0.25, -0.2) is 4.79 Å². The molecule has 0 heterocycles. The highest BCUT2D eigenvalue weighted by atomic mass is 16.5. The molecule has 0 aliphatic rings. The molecule has 0 radical (unpaired) electrons. The third-order valence-electron chi connectivity index (χ3n) is 6.04. The van der Waals surface area contributed by atoms with Crippen molar-refractivity contribution >= 4 is 17.8 Å². The van der Waals surface area contributed by atoms with E-state index < -0.39 is 6.04 Å². The molecule has 0 saturated heterocycles. The third-order valence-corrected chi connectivity index (χ3v) is 6.04. The topological polar surface area (TPSA) is 96.5 Å². The molecule has 0 spiro atoms. The molecule has 0 aliphatic carbocycles. The highest BCUT2D eigenvalue weighted by molar-refractivity contribution is 5.89. The first-order valence-corrected chi connectivity index (χ1v) is 13.5. The Morgan fingerprint density at radius 2 is 1.43 bits per heavy atom. The van der Waals surface area contributed by atoms with Gasteiger partial charge in [0.2, 0.25) is 11.8 Å². The van der Waals surface area contributed by atoms with Crippen molar-refractivity contribution in [3.63, 3.8) is 0 Å². The summed E-state index contributed by atoms with van der Waals surface area (Å²) in [6.45, 7) is 5.84. The summed E-state index contributed by atoms with van der Waals surface area (Å²) in [5, 5.41) is 9.16. The number of hydrogen-bond donors (Lipinski definition) is 3. The second-order valence-corrected chi connectivity index (χ2v) is 9.16. The highest BCUT2D eigenvalue weighted by Crippen LogP contribution is 2.09. The molecule has 1 aromatic rings. The molecule has 0 bridgehead atoms. The van der Waals surface area contributed by atoms with E-state index in [2.05, 4.69) is 29.8 Å². The van der Waals surface area contributed by atoms with E-state index in [9.17, 15) is 14.4 Å². The average molecular weight is 490 g/mol. The molecule has 7 nitrogen and oxygen atoms in total. The number of ether oxygens (including phenoxy) is 1. The van der Waals surface area contributed by atoms with Crippen LogP contribution in [-0.2, 0) is 20.9 Å². The Bertz CT molecular complexity index is 721. The molecule has 1 rings (SSSR count). The molecule has 0 aromatic heterocycles. The molecule has 3 N–H and O–H groups in total. The van der Waals surface area contributed by atoms with Crippen LogP contribution in [0.3, 0.4) is 0 Å². The second kappa shape index (κ2) is 19.8. The first kappa shape index (κ1) is 30.6. The van der Waals surface area contributed by atoms with Gasteiger partial charge in [0.1, 0.15) is 6.04 Å². The predicted octanol–water partition coefficient (Wildman–Crippen LogP) is 4.88. The minimum Gasteiger partial charge on any atom is -0.465 e. The van der Waals surface area contributed by atoms with Crippen LogP contribution in [0.4, 0.5) is 0 Å². The lowest BCUT2D eigenvalue weighted by Crippen LogP contribution is -2.51. The van der Waals surface area contributed by atoms with E-state index in [1.165, 1.54) is 32.8 Å². The Balaban J connectivity index is 2.50. The smallest absolute Gasteiger partial charge is 0.337 e. The number of benzene rings is 1. The van der Waals surface area contributed by atoms with Gasteiger partial charge in [0.25, 0.3) is 0 Å². The molecular formula is C28H47N3O4. The Hall–Kier alpha value is -2.41. The summed E-state index contributed by atoms with van der Waals surface area (Å²) in [5.74, 6) is -0.597. The maximum atomic E-state index is 12.8. The number of methoxy groups -OCH3 is 1. The molecule has 1 aromatic carbocycles. The van der Waals surface area contributed by atoms with Crippen molar-refractivity contribution in [1.29, 1.82) is 0 Å². The van der Waals surface area contributed by atoms with Crippen molar-refractivity contribution in [3.8, 4) is 0 Å². The van der Waals surface area contributed by atoms with Gasteiger partial charge in [-0.1, -0.05) is 83.8 Å². The molecule has 0 aliphatic heterocycles. The number of hydrogen-bond acceptors (Lipinski definition) is 5. The van der Waals surface area contributed by atoms with Crippen molar-refractivity contribution in [2.24, 2.45) is 0 Å². The summed E-state index contributed by atoms with van der Waals surface area (Å²) >= 11 is 0. The first-order valence-electron chi connectivity index (χ1n) is 13.5. The van der Waals surface area contributed by atoms with E-state index in [1.54, 1.807) is 12.1 Å². The molecule has 0 fully saturated rings. The normalized spacial score (nSPS) is 11.6. The minimum absolute atomic E-state index is 0.0751. The summed E-state index contributed by atoms with van der Waals surface area (Å²) in [5.41, 5.74) is 1.47. The third kappa shape index (κ3) is 14.6. The van der Waals surface area contributed by atoms with Gasteiger partial charge in [-0.2, -0.15) is 0 Å². The fraction of sp³-hybridized carbons (Fsp3) is 0.679. The molecule has 35 heavy (non-hydrogen) atoms. The van der Waals surface area contributed by atoms with Gasteiger partial charge >= 0.3 is 5.97 Å². The van der Waals surface area contributed by atoms with Crippen LogP contribution in [0.5, 0.6) is 0 Å². The number of carbonyl (C=O) groups is 3. The van der Waals surface area contributed by atoms with Crippen molar-refractivity contribution in [1.82, 2.24) is 16.0 Å². The SMILES string of the molecule is CCCCCCCCCC(=O)N[C@@H](CNCc1ccc(C(=O)OC)cc1)C(=O)NCCCCCC. The molecule has 0 unspecified atom stereocenters. The predicted molar refractivity (Wildman–Crippen MR) is 141 cm³/mol. The fourth-order valence-electron chi connectivity index (χ4n) is 3.84. The maximum Gasteiger partial charge on any atom is 0.337 e. The van der Waals surface area contributed by atoms with Gasteiger partial charge in [-0.05, 0) is 30.5 Å². The van der Waals surface area contributed by atoms with Crippen LogP contribution in [0, 0.1) is 0 Å². The zero-order valence-electron chi connectivity index (χ0n) is 22.1. The van der Waals surface area contributed by atoms with Gasteiger partial charge in [-0.15, -0.1) is 0 Å². The van der Waals surface area contributed by atoms with Crippen molar-refractivity contribution < 1.29 is 19.1 Å². The monoisotopic (exact) mass is 489 g/mol. The van der Waals surface area contributed by atoms with E-state index in [1.807, 2.05) is 12.1 Å². The summed E-state index contributed by atoms with van der Waals surface area (Å²) in [7, 11) is 1.36. The number of esters is 1. The molecule has 7 heteroatoms. The lowest BCUT2D eigenvalue weighted by molar-refractivity contribution is -0.129. The number of unbranched alkanes of at least 4 members (excludes halogenated alkanes) is 9. The van der Waals surface area contributed by atoms with Crippen LogP contribution in [0.1, 0.15) is 107 Å². The number of nitrogens with one attached hydrogen (secondary N) is 3. The summed E-state index contributed by atoms with van der Waals surface area (Å²) in [6.07, 6.45) is 12.8.